The predicted octanol–water partition coefficient (Wildman–Crippen LogP) is 4.94. The van der Waals surface area contributed by atoms with Gasteiger partial charge in [-0.15, -0.1) is 0 Å². The van der Waals surface area contributed by atoms with Crippen LogP contribution in [0.15, 0.2) is 72.1 Å². The number of hydrogen-bond acceptors (Lipinski definition) is 9. The standard InChI is InChI=1S/C23H19N7O5/c1-15-11-17(12-26-27-22-9-5-19(13-24-22)29(31)32)16(2)28(15)18-3-7-21(8-4-18)35-23-10-6-20(14-25-23)30(33)34/h3-14H,1-2H3,(H,24,27)/b26-12+. The van der Waals surface area contributed by atoms with Crippen LogP contribution in [-0.2, 0) is 0 Å². The summed E-state index contributed by atoms with van der Waals surface area (Å²) in [6.45, 7) is 3.94. The summed E-state index contributed by atoms with van der Waals surface area (Å²) in [5, 5.41) is 25.6. The molecular formula is C23H19N7O5. The molecule has 1 aromatic carbocycles. The maximum absolute atomic E-state index is 10.7. The quantitative estimate of drug-likeness (QED) is 0.215. The van der Waals surface area contributed by atoms with E-state index in [2.05, 4.69) is 25.1 Å². The number of hydrogen-bond donors (Lipinski definition) is 1. The van der Waals surface area contributed by atoms with Crippen LogP contribution in [0.4, 0.5) is 17.2 Å². The largest absolute Gasteiger partial charge is 0.439 e. The zero-order valence-electron chi connectivity index (χ0n) is 18.7. The Kier molecular flexibility index (Phi) is 6.44. The van der Waals surface area contributed by atoms with E-state index in [0.29, 0.717) is 11.6 Å². The second kappa shape index (κ2) is 9.79. The first-order valence-electron chi connectivity index (χ1n) is 10.3. The van der Waals surface area contributed by atoms with E-state index in [1.54, 1.807) is 18.3 Å². The van der Waals surface area contributed by atoms with Gasteiger partial charge >= 0.3 is 0 Å². The first-order valence-corrected chi connectivity index (χ1v) is 10.3. The SMILES string of the molecule is Cc1cc(/C=N/Nc2ccc([N+](=O)[O-])cn2)c(C)n1-c1ccc(Oc2ccc([N+](=O)[O-])cn2)cc1. The number of aryl methyl sites for hydroxylation is 1. The van der Waals surface area contributed by atoms with Crippen molar-refractivity contribution < 1.29 is 14.6 Å². The van der Waals surface area contributed by atoms with Gasteiger partial charge in [-0.05, 0) is 50.2 Å². The maximum Gasteiger partial charge on any atom is 0.287 e. The minimum Gasteiger partial charge on any atom is -0.439 e. The van der Waals surface area contributed by atoms with E-state index in [4.69, 9.17) is 4.74 Å². The molecule has 3 heterocycles. The number of nitro groups is 2. The Morgan fingerprint density at radius 2 is 1.60 bits per heavy atom. The zero-order chi connectivity index (χ0) is 24.9. The van der Waals surface area contributed by atoms with Gasteiger partial charge in [0.05, 0.1) is 16.1 Å². The lowest BCUT2D eigenvalue weighted by Crippen LogP contribution is -2.00. The van der Waals surface area contributed by atoms with Crippen LogP contribution in [0.25, 0.3) is 5.69 Å². The lowest BCUT2D eigenvalue weighted by Gasteiger charge is -2.11. The van der Waals surface area contributed by atoms with Gasteiger partial charge in [0.15, 0.2) is 0 Å². The lowest BCUT2D eigenvalue weighted by molar-refractivity contribution is -0.385. The molecule has 0 spiro atoms. The molecule has 176 valence electrons. The Balaban J connectivity index is 1.45. The molecule has 0 amide bonds. The van der Waals surface area contributed by atoms with Crippen LogP contribution in [0.3, 0.4) is 0 Å². The highest BCUT2D eigenvalue weighted by Gasteiger charge is 2.11. The Bertz CT molecular complexity index is 1400. The molecule has 12 nitrogen and oxygen atoms in total. The number of anilines is 1. The number of hydrazone groups is 1. The van der Waals surface area contributed by atoms with Gasteiger partial charge in [0.2, 0.25) is 5.88 Å². The van der Waals surface area contributed by atoms with E-state index in [1.165, 1.54) is 24.3 Å². The summed E-state index contributed by atoms with van der Waals surface area (Å²) in [5.41, 5.74) is 6.30. The summed E-state index contributed by atoms with van der Waals surface area (Å²) in [4.78, 5) is 28.3. The summed E-state index contributed by atoms with van der Waals surface area (Å²) < 4.78 is 7.72. The molecule has 0 aliphatic heterocycles. The minimum atomic E-state index is -0.519. The monoisotopic (exact) mass is 473 g/mol. The van der Waals surface area contributed by atoms with Crippen molar-refractivity contribution in [3.8, 4) is 17.3 Å². The average molecular weight is 473 g/mol. The predicted molar refractivity (Wildman–Crippen MR) is 128 cm³/mol. The number of ether oxygens (including phenoxy) is 1. The van der Waals surface area contributed by atoms with Crippen molar-refractivity contribution >= 4 is 23.4 Å². The van der Waals surface area contributed by atoms with Crippen molar-refractivity contribution in [1.29, 1.82) is 0 Å². The van der Waals surface area contributed by atoms with Crippen LogP contribution in [-0.4, -0.2) is 30.6 Å². The van der Waals surface area contributed by atoms with Gasteiger partial charge in [-0.1, -0.05) is 0 Å². The van der Waals surface area contributed by atoms with Crippen molar-refractivity contribution in [2.75, 3.05) is 5.43 Å². The smallest absolute Gasteiger partial charge is 0.287 e. The van der Waals surface area contributed by atoms with Gasteiger partial charge < -0.3 is 9.30 Å². The zero-order valence-corrected chi connectivity index (χ0v) is 18.7. The van der Waals surface area contributed by atoms with Crippen molar-refractivity contribution in [2.45, 2.75) is 13.8 Å². The molecule has 35 heavy (non-hydrogen) atoms. The summed E-state index contributed by atoms with van der Waals surface area (Å²) in [6.07, 6.45) is 3.96. The molecule has 0 unspecified atom stereocenters. The van der Waals surface area contributed by atoms with Crippen LogP contribution in [0.5, 0.6) is 11.6 Å². The number of nitrogens with one attached hydrogen (secondary N) is 1. The lowest BCUT2D eigenvalue weighted by atomic mass is 10.2. The summed E-state index contributed by atoms with van der Waals surface area (Å²) in [5.74, 6) is 1.18. The number of pyridine rings is 2. The molecule has 0 atom stereocenters. The number of benzene rings is 1. The summed E-state index contributed by atoms with van der Waals surface area (Å²) in [7, 11) is 0. The van der Waals surface area contributed by atoms with Crippen molar-refractivity contribution in [1.82, 2.24) is 14.5 Å². The molecule has 1 N–H and O–H groups in total. The van der Waals surface area contributed by atoms with E-state index >= 15 is 0 Å². The minimum absolute atomic E-state index is 0.0940. The van der Waals surface area contributed by atoms with Crippen molar-refractivity contribution in [2.24, 2.45) is 5.10 Å². The highest BCUT2D eigenvalue weighted by atomic mass is 16.6. The maximum atomic E-state index is 10.7. The number of rotatable bonds is 8. The van der Waals surface area contributed by atoms with Crippen LogP contribution < -0.4 is 10.2 Å². The highest BCUT2D eigenvalue weighted by Crippen LogP contribution is 2.25. The molecule has 4 rings (SSSR count). The Labute approximate surface area is 198 Å². The molecule has 0 radical (unpaired) electrons. The van der Waals surface area contributed by atoms with E-state index in [-0.39, 0.29) is 17.3 Å². The van der Waals surface area contributed by atoms with E-state index in [9.17, 15) is 20.2 Å². The fraction of sp³-hybridized carbons (Fsp3) is 0.0870. The fourth-order valence-electron chi connectivity index (χ4n) is 3.37. The first-order chi connectivity index (χ1) is 16.8. The number of nitrogens with zero attached hydrogens (tertiary/aromatic N) is 6. The Morgan fingerprint density at radius 1 is 0.943 bits per heavy atom. The Hall–Kier alpha value is -5.13. The van der Waals surface area contributed by atoms with Crippen LogP contribution in [0.1, 0.15) is 17.0 Å². The van der Waals surface area contributed by atoms with E-state index in [1.807, 2.05) is 32.0 Å². The van der Waals surface area contributed by atoms with Crippen molar-refractivity contribution in [3.05, 3.63) is 104 Å². The van der Waals surface area contributed by atoms with E-state index in [0.717, 1.165) is 35.0 Å². The van der Waals surface area contributed by atoms with Crippen LogP contribution >= 0.6 is 0 Å². The van der Waals surface area contributed by atoms with Gasteiger partial charge in [-0.3, -0.25) is 25.7 Å². The molecule has 0 bridgehead atoms. The third-order valence-electron chi connectivity index (χ3n) is 5.06. The van der Waals surface area contributed by atoms with Crippen molar-refractivity contribution in [3.63, 3.8) is 0 Å². The first kappa shape index (κ1) is 23.0. The number of aromatic nitrogens is 3. The van der Waals surface area contributed by atoms with Crippen LogP contribution in [0, 0.1) is 34.1 Å². The summed E-state index contributed by atoms with van der Waals surface area (Å²) in [6, 6.07) is 14.9. The normalized spacial score (nSPS) is 10.9. The van der Waals surface area contributed by atoms with E-state index < -0.39 is 9.85 Å². The fourth-order valence-corrected chi connectivity index (χ4v) is 3.37. The molecule has 3 aromatic heterocycles. The van der Waals surface area contributed by atoms with Gasteiger partial charge in [-0.2, -0.15) is 5.10 Å². The second-order valence-electron chi connectivity index (χ2n) is 7.40. The highest BCUT2D eigenvalue weighted by molar-refractivity contribution is 5.82. The van der Waals surface area contributed by atoms with Gasteiger partial charge in [0.25, 0.3) is 11.4 Å². The average Bonchev–Trinajstić information content (AvgIpc) is 3.13. The van der Waals surface area contributed by atoms with Gasteiger partial charge in [0, 0.05) is 40.8 Å². The molecule has 0 aliphatic carbocycles. The third-order valence-corrected chi connectivity index (χ3v) is 5.06. The second-order valence-corrected chi connectivity index (χ2v) is 7.40. The topological polar surface area (TPSA) is 151 Å². The molecule has 0 aliphatic rings. The van der Waals surface area contributed by atoms with Gasteiger partial charge in [-0.25, -0.2) is 9.97 Å². The molecule has 0 saturated heterocycles. The molecule has 0 fully saturated rings. The Morgan fingerprint density at radius 3 is 2.17 bits per heavy atom. The van der Waals surface area contributed by atoms with Crippen LogP contribution in [0.2, 0.25) is 0 Å². The molecular weight excluding hydrogens is 454 g/mol. The van der Waals surface area contributed by atoms with Gasteiger partial charge in [0.1, 0.15) is 24.0 Å². The molecule has 0 saturated carbocycles. The molecule has 12 heteroatoms. The summed E-state index contributed by atoms with van der Waals surface area (Å²) >= 11 is 0. The third kappa shape index (κ3) is 5.27. The molecule has 4 aromatic rings.